The molecule has 6 heteroatoms. The third-order valence-corrected chi connectivity index (χ3v) is 5.51. The van der Waals surface area contributed by atoms with Crippen LogP contribution in [0.5, 0.6) is 0 Å². The van der Waals surface area contributed by atoms with Gasteiger partial charge in [-0.15, -0.1) is 0 Å². The van der Waals surface area contributed by atoms with Crippen LogP contribution >= 0.6 is 11.6 Å². The molecule has 1 fully saturated rings. The molecule has 0 heterocycles. The maximum absolute atomic E-state index is 12.1. The minimum atomic E-state index is -3.53. The van der Waals surface area contributed by atoms with Crippen molar-refractivity contribution < 1.29 is 13.5 Å². The van der Waals surface area contributed by atoms with E-state index in [0.29, 0.717) is 12.1 Å². The smallest absolute Gasteiger partial charge is 0.240 e. The van der Waals surface area contributed by atoms with Crippen LogP contribution in [-0.4, -0.2) is 20.1 Å². The molecule has 2 rings (SSSR count). The molecular weight excluding hydrogens is 286 g/mol. The number of aliphatic hydroxyl groups is 1. The van der Waals surface area contributed by atoms with Gasteiger partial charge in [-0.2, -0.15) is 0 Å². The van der Waals surface area contributed by atoms with Gasteiger partial charge in [0.05, 0.1) is 11.5 Å². The van der Waals surface area contributed by atoms with Crippen LogP contribution in [0.3, 0.4) is 0 Å². The number of aliphatic hydroxyl groups excluding tert-OH is 1. The van der Waals surface area contributed by atoms with Crippen LogP contribution in [0.1, 0.15) is 31.7 Å². The van der Waals surface area contributed by atoms with Gasteiger partial charge in [0.2, 0.25) is 10.0 Å². The van der Waals surface area contributed by atoms with E-state index in [4.69, 9.17) is 16.7 Å². The van der Waals surface area contributed by atoms with Gasteiger partial charge in [0.1, 0.15) is 0 Å². The first-order valence-corrected chi connectivity index (χ1v) is 8.11. The molecule has 0 saturated heterocycles. The first kappa shape index (κ1) is 14.8. The van der Waals surface area contributed by atoms with Crippen molar-refractivity contribution in [1.82, 2.24) is 4.72 Å². The van der Waals surface area contributed by atoms with Crippen molar-refractivity contribution in [3.8, 4) is 0 Å². The number of hydrogen-bond acceptors (Lipinski definition) is 3. The van der Waals surface area contributed by atoms with Crippen LogP contribution in [0, 0.1) is 5.41 Å². The van der Waals surface area contributed by atoms with Gasteiger partial charge in [0.15, 0.2) is 0 Å². The largest absolute Gasteiger partial charge is 0.392 e. The Bertz CT molecular complexity index is 567. The molecule has 1 aliphatic carbocycles. The number of sulfonamides is 1. The summed E-state index contributed by atoms with van der Waals surface area (Å²) in [7, 11) is -3.53. The van der Waals surface area contributed by atoms with E-state index in [-0.39, 0.29) is 21.9 Å². The molecule has 0 aliphatic heterocycles. The monoisotopic (exact) mass is 303 g/mol. The van der Waals surface area contributed by atoms with Gasteiger partial charge >= 0.3 is 0 Å². The molecule has 1 saturated carbocycles. The molecule has 0 spiro atoms. The topological polar surface area (TPSA) is 66.4 Å². The Kier molecular flexibility index (Phi) is 4.20. The van der Waals surface area contributed by atoms with E-state index in [1.54, 1.807) is 0 Å². The maximum Gasteiger partial charge on any atom is 0.240 e. The van der Waals surface area contributed by atoms with Gasteiger partial charge in [-0.05, 0) is 36.0 Å². The summed E-state index contributed by atoms with van der Waals surface area (Å²) < 4.78 is 26.9. The molecule has 0 atom stereocenters. The quantitative estimate of drug-likeness (QED) is 0.877. The number of halogens is 1. The molecule has 0 radical (unpaired) electrons. The van der Waals surface area contributed by atoms with E-state index >= 15 is 0 Å². The fourth-order valence-corrected chi connectivity index (χ4v) is 3.66. The van der Waals surface area contributed by atoms with Crippen LogP contribution in [0.2, 0.25) is 5.02 Å². The predicted molar refractivity (Wildman–Crippen MR) is 74.5 cm³/mol. The first-order chi connectivity index (χ1) is 8.86. The van der Waals surface area contributed by atoms with Crippen molar-refractivity contribution in [2.45, 2.75) is 37.7 Å². The average Bonchev–Trinajstić information content (AvgIpc) is 2.34. The van der Waals surface area contributed by atoms with Gasteiger partial charge in [-0.25, -0.2) is 13.1 Å². The van der Waals surface area contributed by atoms with E-state index in [1.165, 1.54) is 18.2 Å². The molecule has 0 amide bonds. The van der Waals surface area contributed by atoms with Gasteiger partial charge in [-0.3, -0.25) is 0 Å². The maximum atomic E-state index is 12.1. The first-order valence-electron chi connectivity index (χ1n) is 6.25. The number of rotatable bonds is 5. The van der Waals surface area contributed by atoms with Crippen molar-refractivity contribution in [2.24, 2.45) is 5.41 Å². The van der Waals surface area contributed by atoms with Crippen LogP contribution in [0.25, 0.3) is 0 Å². The Hall–Kier alpha value is -0.620. The highest BCUT2D eigenvalue weighted by molar-refractivity contribution is 7.89. The van der Waals surface area contributed by atoms with Gasteiger partial charge in [-0.1, -0.05) is 31.0 Å². The minimum Gasteiger partial charge on any atom is -0.392 e. The second-order valence-corrected chi connectivity index (χ2v) is 7.57. The molecule has 0 unspecified atom stereocenters. The highest BCUT2D eigenvalue weighted by Gasteiger charge is 2.33. The SMILES string of the molecule is CC1(CNS(=O)(=O)c2ccc(CO)c(Cl)c2)CCC1. The van der Waals surface area contributed by atoms with Crippen LogP contribution < -0.4 is 4.72 Å². The molecule has 1 aliphatic rings. The van der Waals surface area contributed by atoms with Crippen LogP contribution in [-0.2, 0) is 16.6 Å². The number of benzene rings is 1. The highest BCUT2D eigenvalue weighted by atomic mass is 35.5. The summed E-state index contributed by atoms with van der Waals surface area (Å²) in [5.41, 5.74) is 0.605. The average molecular weight is 304 g/mol. The zero-order chi connectivity index (χ0) is 14.1. The highest BCUT2D eigenvalue weighted by Crippen LogP contribution is 2.39. The summed E-state index contributed by atoms with van der Waals surface area (Å²) >= 11 is 5.91. The van der Waals surface area contributed by atoms with Gasteiger partial charge in [0, 0.05) is 11.6 Å². The third kappa shape index (κ3) is 3.28. The lowest BCUT2D eigenvalue weighted by molar-refractivity contribution is 0.166. The zero-order valence-corrected chi connectivity index (χ0v) is 12.4. The minimum absolute atomic E-state index is 0.0852. The van der Waals surface area contributed by atoms with E-state index in [2.05, 4.69) is 11.6 Å². The molecule has 1 aromatic carbocycles. The Balaban J connectivity index is 2.12. The molecule has 0 aromatic heterocycles. The van der Waals surface area contributed by atoms with Crippen LogP contribution in [0.15, 0.2) is 23.1 Å². The van der Waals surface area contributed by atoms with E-state index in [0.717, 1.165) is 19.3 Å². The molecule has 19 heavy (non-hydrogen) atoms. The molecule has 1 aromatic rings. The summed E-state index contributed by atoms with van der Waals surface area (Å²) in [5.74, 6) is 0. The molecule has 106 valence electrons. The van der Waals surface area contributed by atoms with E-state index in [9.17, 15) is 8.42 Å². The van der Waals surface area contributed by atoms with E-state index in [1.807, 2.05) is 0 Å². The lowest BCUT2D eigenvalue weighted by Gasteiger charge is -2.38. The molecular formula is C13H18ClNO3S. The Morgan fingerprint density at radius 1 is 1.42 bits per heavy atom. The summed E-state index contributed by atoms with van der Waals surface area (Å²) in [4.78, 5) is 0.137. The van der Waals surface area contributed by atoms with Crippen molar-refractivity contribution in [3.05, 3.63) is 28.8 Å². The van der Waals surface area contributed by atoms with E-state index < -0.39 is 10.0 Å². The standard InChI is InChI=1S/C13H18ClNO3S/c1-13(5-2-6-13)9-15-19(17,18)11-4-3-10(8-16)12(14)7-11/h3-4,7,15-16H,2,5-6,8-9H2,1H3. The Morgan fingerprint density at radius 2 is 2.11 bits per heavy atom. The van der Waals surface area contributed by atoms with Gasteiger partial charge in [0.25, 0.3) is 0 Å². The van der Waals surface area contributed by atoms with Crippen LogP contribution in [0.4, 0.5) is 0 Å². The summed E-state index contributed by atoms with van der Waals surface area (Å²) in [6.07, 6.45) is 3.27. The zero-order valence-electron chi connectivity index (χ0n) is 10.8. The van der Waals surface area contributed by atoms with Crippen molar-refractivity contribution in [2.75, 3.05) is 6.54 Å². The molecule has 2 N–H and O–H groups in total. The third-order valence-electron chi connectivity index (χ3n) is 3.75. The Labute approximate surface area is 118 Å². The molecule has 0 bridgehead atoms. The summed E-state index contributed by atoms with van der Waals surface area (Å²) in [6, 6.07) is 4.36. The number of nitrogens with one attached hydrogen (secondary N) is 1. The lowest BCUT2D eigenvalue weighted by Crippen LogP contribution is -2.39. The lowest BCUT2D eigenvalue weighted by atomic mass is 9.71. The Morgan fingerprint density at radius 3 is 2.58 bits per heavy atom. The number of hydrogen-bond donors (Lipinski definition) is 2. The molecule has 4 nitrogen and oxygen atoms in total. The van der Waals surface area contributed by atoms with Crippen molar-refractivity contribution >= 4 is 21.6 Å². The normalized spacial score (nSPS) is 18.1. The fourth-order valence-electron chi connectivity index (χ4n) is 2.13. The van der Waals surface area contributed by atoms with Crippen molar-refractivity contribution in [1.29, 1.82) is 0 Å². The summed E-state index contributed by atoms with van der Waals surface area (Å²) in [5, 5.41) is 9.28. The predicted octanol–water partition coefficient (Wildman–Crippen LogP) is 2.30. The second-order valence-electron chi connectivity index (χ2n) is 5.40. The second kappa shape index (κ2) is 5.40. The summed E-state index contributed by atoms with van der Waals surface area (Å²) in [6.45, 7) is 2.33. The van der Waals surface area contributed by atoms with Crippen molar-refractivity contribution in [3.63, 3.8) is 0 Å². The van der Waals surface area contributed by atoms with Gasteiger partial charge < -0.3 is 5.11 Å². The fraction of sp³-hybridized carbons (Fsp3) is 0.538.